The molecule has 0 aliphatic carbocycles. The van der Waals surface area contributed by atoms with Crippen LogP contribution < -0.4 is 10.8 Å². The van der Waals surface area contributed by atoms with Crippen LogP contribution in [-0.2, 0) is 9.57 Å². The number of carbonyl (C=O) groups is 1. The van der Waals surface area contributed by atoms with Gasteiger partial charge in [-0.1, -0.05) is 6.07 Å². The molecule has 0 spiro atoms. The molecular weight excluding hydrogens is 376 g/mol. The predicted molar refractivity (Wildman–Crippen MR) is 99.3 cm³/mol. The number of nitrogens with one attached hydrogen (secondary N) is 2. The number of halogens is 2. The van der Waals surface area contributed by atoms with E-state index in [4.69, 9.17) is 9.57 Å². The minimum Gasteiger partial charge on any atom is -0.382 e. The fraction of sp³-hybridized carbons (Fsp3) is 0.222. The summed E-state index contributed by atoms with van der Waals surface area (Å²) in [6.45, 7) is 2.15. The van der Waals surface area contributed by atoms with Crippen molar-refractivity contribution in [3.63, 3.8) is 0 Å². The standard InChI is InChI=1S/C18H17F2N3O3S/c1-10-3-4-13(12(19)7-10)22-16-11(18(24)23-26-6-5-25-2)8-14-17(15(16)20)21-9-27-14/h3-4,7-9,22H,5-6H2,1-2H3,(H,23,24). The van der Waals surface area contributed by atoms with Gasteiger partial charge in [0.05, 0.1) is 40.4 Å². The van der Waals surface area contributed by atoms with Crippen LogP contribution in [0.1, 0.15) is 15.9 Å². The summed E-state index contributed by atoms with van der Waals surface area (Å²) in [6.07, 6.45) is 0. The lowest BCUT2D eigenvalue weighted by molar-refractivity contribution is 0.00893. The van der Waals surface area contributed by atoms with Crippen LogP contribution in [-0.4, -0.2) is 31.2 Å². The molecule has 1 aromatic heterocycles. The Morgan fingerprint density at radius 1 is 1.26 bits per heavy atom. The number of anilines is 2. The Morgan fingerprint density at radius 3 is 2.81 bits per heavy atom. The van der Waals surface area contributed by atoms with E-state index in [1.54, 1.807) is 13.0 Å². The summed E-state index contributed by atoms with van der Waals surface area (Å²) in [5.74, 6) is -1.97. The SMILES string of the molecule is COCCONC(=O)c1cc2scnc2c(F)c1Nc1ccc(C)cc1F. The molecule has 0 radical (unpaired) electrons. The molecule has 0 saturated carbocycles. The van der Waals surface area contributed by atoms with Crippen LogP contribution in [0.3, 0.4) is 0 Å². The van der Waals surface area contributed by atoms with Crippen molar-refractivity contribution in [3.8, 4) is 0 Å². The third-order valence-electron chi connectivity index (χ3n) is 3.75. The molecule has 0 unspecified atom stereocenters. The van der Waals surface area contributed by atoms with E-state index in [0.29, 0.717) is 4.70 Å². The second-order valence-electron chi connectivity index (χ2n) is 5.69. The minimum absolute atomic E-state index is 0.0263. The number of thiazole rings is 1. The van der Waals surface area contributed by atoms with Gasteiger partial charge in [0.25, 0.3) is 5.91 Å². The van der Waals surface area contributed by atoms with Gasteiger partial charge in [0.15, 0.2) is 5.82 Å². The smallest absolute Gasteiger partial charge is 0.277 e. The highest BCUT2D eigenvalue weighted by Gasteiger charge is 2.21. The number of benzene rings is 2. The lowest BCUT2D eigenvalue weighted by Gasteiger charge is -2.14. The summed E-state index contributed by atoms with van der Waals surface area (Å²) in [6, 6.07) is 5.96. The van der Waals surface area contributed by atoms with E-state index in [1.165, 1.54) is 42.2 Å². The zero-order chi connectivity index (χ0) is 19.4. The molecular formula is C18H17F2N3O3S. The maximum absolute atomic E-state index is 15.0. The monoisotopic (exact) mass is 393 g/mol. The van der Waals surface area contributed by atoms with Crippen LogP contribution in [0.4, 0.5) is 20.2 Å². The maximum Gasteiger partial charge on any atom is 0.277 e. The Bertz CT molecular complexity index is 978. The van der Waals surface area contributed by atoms with E-state index < -0.39 is 17.5 Å². The highest BCUT2D eigenvalue weighted by Crippen LogP contribution is 2.33. The van der Waals surface area contributed by atoms with Crippen molar-refractivity contribution in [1.29, 1.82) is 0 Å². The fourth-order valence-corrected chi connectivity index (χ4v) is 3.13. The number of hydrogen-bond donors (Lipinski definition) is 2. The number of fused-ring (bicyclic) bond motifs is 1. The van der Waals surface area contributed by atoms with Gasteiger partial charge < -0.3 is 10.1 Å². The molecule has 3 rings (SSSR count). The highest BCUT2D eigenvalue weighted by molar-refractivity contribution is 7.16. The van der Waals surface area contributed by atoms with Crippen molar-refractivity contribution in [3.05, 3.63) is 52.5 Å². The summed E-state index contributed by atoms with van der Waals surface area (Å²) < 4.78 is 34.5. The molecule has 0 fully saturated rings. The van der Waals surface area contributed by atoms with Crippen molar-refractivity contribution in [2.75, 3.05) is 25.6 Å². The van der Waals surface area contributed by atoms with Gasteiger partial charge in [-0.25, -0.2) is 19.2 Å². The van der Waals surface area contributed by atoms with Crippen molar-refractivity contribution in [2.24, 2.45) is 0 Å². The van der Waals surface area contributed by atoms with Crippen LogP contribution in [0.25, 0.3) is 10.2 Å². The van der Waals surface area contributed by atoms with Gasteiger partial charge in [0.1, 0.15) is 11.3 Å². The molecule has 9 heteroatoms. The number of carbonyl (C=O) groups excluding carboxylic acids is 1. The van der Waals surface area contributed by atoms with Gasteiger partial charge in [-0.3, -0.25) is 9.63 Å². The number of hydroxylamine groups is 1. The van der Waals surface area contributed by atoms with Crippen molar-refractivity contribution < 1.29 is 23.1 Å². The Labute approximate surface area is 158 Å². The van der Waals surface area contributed by atoms with Crippen molar-refractivity contribution in [2.45, 2.75) is 6.92 Å². The fourth-order valence-electron chi connectivity index (χ4n) is 2.42. The molecule has 27 heavy (non-hydrogen) atoms. The van der Waals surface area contributed by atoms with E-state index in [1.807, 2.05) is 0 Å². The number of hydrogen-bond acceptors (Lipinski definition) is 6. The molecule has 1 amide bonds. The average Bonchev–Trinajstić information content (AvgIpc) is 3.11. The van der Waals surface area contributed by atoms with Crippen LogP contribution >= 0.6 is 11.3 Å². The Hall–Kier alpha value is -2.62. The molecule has 0 aliphatic rings. The van der Waals surface area contributed by atoms with Crippen molar-refractivity contribution in [1.82, 2.24) is 10.5 Å². The molecule has 6 nitrogen and oxygen atoms in total. The number of ether oxygens (including phenoxy) is 1. The maximum atomic E-state index is 15.0. The molecule has 142 valence electrons. The number of aryl methyl sites for hydroxylation is 1. The first kappa shape index (κ1) is 19.2. The minimum atomic E-state index is -0.740. The summed E-state index contributed by atoms with van der Waals surface area (Å²) in [5.41, 5.74) is 4.37. The largest absolute Gasteiger partial charge is 0.382 e. The van der Waals surface area contributed by atoms with Crippen LogP contribution in [0.2, 0.25) is 0 Å². The molecule has 2 N–H and O–H groups in total. The Kier molecular flexibility index (Phi) is 5.94. The molecule has 0 atom stereocenters. The molecule has 0 saturated heterocycles. The van der Waals surface area contributed by atoms with E-state index in [0.717, 1.165) is 5.56 Å². The number of rotatable bonds is 7. The summed E-state index contributed by atoms with van der Waals surface area (Å²) in [4.78, 5) is 21.5. The number of amides is 1. The normalized spacial score (nSPS) is 11.0. The molecule has 2 aromatic carbocycles. The lowest BCUT2D eigenvalue weighted by Crippen LogP contribution is -2.26. The van der Waals surface area contributed by atoms with Crippen LogP contribution in [0.5, 0.6) is 0 Å². The van der Waals surface area contributed by atoms with Crippen molar-refractivity contribution >= 4 is 38.8 Å². The van der Waals surface area contributed by atoms with E-state index in [-0.39, 0.29) is 35.7 Å². The third kappa shape index (κ3) is 4.21. The quantitative estimate of drug-likeness (QED) is 0.470. The average molecular weight is 393 g/mol. The van der Waals surface area contributed by atoms with Gasteiger partial charge in [0.2, 0.25) is 0 Å². The van der Waals surface area contributed by atoms with Gasteiger partial charge in [-0.05, 0) is 30.7 Å². The summed E-state index contributed by atoms with van der Waals surface area (Å²) in [5, 5.41) is 2.67. The van der Waals surface area contributed by atoms with E-state index in [2.05, 4.69) is 15.8 Å². The van der Waals surface area contributed by atoms with Crippen LogP contribution in [0, 0.1) is 18.6 Å². The third-order valence-corrected chi connectivity index (χ3v) is 4.53. The number of nitrogens with zero attached hydrogens (tertiary/aromatic N) is 1. The first-order valence-corrected chi connectivity index (χ1v) is 8.89. The number of methoxy groups -OCH3 is 1. The zero-order valence-corrected chi connectivity index (χ0v) is 15.5. The van der Waals surface area contributed by atoms with Gasteiger partial charge >= 0.3 is 0 Å². The molecule has 3 aromatic rings. The molecule has 1 heterocycles. The second kappa shape index (κ2) is 8.38. The van der Waals surface area contributed by atoms with Crippen LogP contribution in [0.15, 0.2) is 29.8 Å². The highest BCUT2D eigenvalue weighted by atomic mass is 32.1. The topological polar surface area (TPSA) is 72.5 Å². The first-order chi connectivity index (χ1) is 13.0. The van der Waals surface area contributed by atoms with Gasteiger partial charge in [-0.2, -0.15) is 0 Å². The first-order valence-electron chi connectivity index (χ1n) is 8.01. The molecule has 0 aliphatic heterocycles. The summed E-state index contributed by atoms with van der Waals surface area (Å²) in [7, 11) is 1.50. The Balaban J connectivity index is 1.98. The van der Waals surface area contributed by atoms with Gasteiger partial charge in [0, 0.05) is 7.11 Å². The molecule has 0 bridgehead atoms. The summed E-state index contributed by atoms with van der Waals surface area (Å²) >= 11 is 1.19. The lowest BCUT2D eigenvalue weighted by atomic mass is 10.1. The van der Waals surface area contributed by atoms with E-state index in [9.17, 15) is 13.6 Å². The number of aromatic nitrogens is 1. The Morgan fingerprint density at radius 2 is 2.07 bits per heavy atom. The second-order valence-corrected chi connectivity index (χ2v) is 6.58. The predicted octanol–water partition coefficient (Wildman–Crippen LogP) is 3.93. The van der Waals surface area contributed by atoms with E-state index >= 15 is 0 Å². The zero-order valence-electron chi connectivity index (χ0n) is 14.6. The van der Waals surface area contributed by atoms with Gasteiger partial charge in [-0.15, -0.1) is 11.3 Å².